The van der Waals surface area contributed by atoms with E-state index in [1.165, 1.54) is 0 Å². The average molecular weight is 271 g/mol. The van der Waals surface area contributed by atoms with Crippen molar-refractivity contribution in [2.75, 3.05) is 44.7 Å². The van der Waals surface area contributed by atoms with Crippen LogP contribution in [0.25, 0.3) is 0 Å². The molecule has 2 aliphatic heterocycles. The lowest BCUT2D eigenvalue weighted by atomic mass is 10.2. The third-order valence-electron chi connectivity index (χ3n) is 3.58. The number of carbonyl (C=O) groups excluding carboxylic acids is 2. The topological polar surface area (TPSA) is 52.7 Å². The summed E-state index contributed by atoms with van der Waals surface area (Å²) < 4.78 is 0. The van der Waals surface area contributed by atoms with Crippen molar-refractivity contribution in [3.05, 3.63) is 0 Å². The Morgan fingerprint density at radius 1 is 1.33 bits per heavy atom. The van der Waals surface area contributed by atoms with Crippen LogP contribution in [0.3, 0.4) is 0 Å². The molecule has 2 amide bonds. The Balaban J connectivity index is 1.92. The van der Waals surface area contributed by atoms with E-state index >= 15 is 0 Å². The summed E-state index contributed by atoms with van der Waals surface area (Å²) in [6, 6.07) is 0.233. The second-order valence-corrected chi connectivity index (χ2v) is 5.98. The van der Waals surface area contributed by atoms with Crippen molar-refractivity contribution in [1.82, 2.24) is 15.1 Å². The maximum Gasteiger partial charge on any atom is 0.312 e. The highest BCUT2D eigenvalue weighted by molar-refractivity contribution is 7.99. The van der Waals surface area contributed by atoms with Crippen molar-refractivity contribution in [3.8, 4) is 0 Å². The van der Waals surface area contributed by atoms with Crippen molar-refractivity contribution >= 4 is 23.6 Å². The molecule has 1 N–H and O–H groups in total. The SMILES string of the molecule is CN(C(=O)C(=O)N1CCCNCC1)C1CCSC1. The number of hydrogen-bond donors (Lipinski definition) is 1. The largest absolute Gasteiger partial charge is 0.334 e. The fraction of sp³-hybridized carbons (Fsp3) is 0.833. The standard InChI is InChI=1S/C12H21N3O2S/c1-14(10-3-8-18-9-10)11(16)12(17)15-6-2-4-13-5-7-15/h10,13H,2-9H2,1H3. The molecule has 0 radical (unpaired) electrons. The molecule has 5 nitrogen and oxygen atoms in total. The maximum atomic E-state index is 12.1. The molecule has 18 heavy (non-hydrogen) atoms. The molecule has 2 saturated heterocycles. The normalized spacial score (nSPS) is 24.7. The zero-order valence-corrected chi connectivity index (χ0v) is 11.7. The van der Waals surface area contributed by atoms with Gasteiger partial charge in [0.15, 0.2) is 0 Å². The van der Waals surface area contributed by atoms with Gasteiger partial charge in [-0.2, -0.15) is 11.8 Å². The van der Waals surface area contributed by atoms with Gasteiger partial charge >= 0.3 is 11.8 Å². The van der Waals surface area contributed by atoms with Crippen LogP contribution in [0.4, 0.5) is 0 Å². The molecule has 102 valence electrons. The molecular weight excluding hydrogens is 250 g/mol. The van der Waals surface area contributed by atoms with Crippen LogP contribution >= 0.6 is 11.8 Å². The third-order valence-corrected chi connectivity index (χ3v) is 4.73. The van der Waals surface area contributed by atoms with Crippen LogP contribution in [-0.2, 0) is 9.59 Å². The zero-order valence-electron chi connectivity index (χ0n) is 10.9. The lowest BCUT2D eigenvalue weighted by molar-refractivity contribution is -0.151. The van der Waals surface area contributed by atoms with Crippen molar-refractivity contribution in [2.24, 2.45) is 0 Å². The van der Waals surface area contributed by atoms with Gasteiger partial charge < -0.3 is 15.1 Å². The van der Waals surface area contributed by atoms with Crippen LogP contribution < -0.4 is 5.32 Å². The van der Waals surface area contributed by atoms with Crippen molar-refractivity contribution in [1.29, 1.82) is 0 Å². The number of nitrogens with zero attached hydrogens (tertiary/aromatic N) is 2. The molecule has 0 bridgehead atoms. The van der Waals surface area contributed by atoms with Crippen LogP contribution in [0.2, 0.25) is 0 Å². The number of likely N-dealkylation sites (N-methyl/N-ethyl adjacent to an activating group) is 1. The minimum Gasteiger partial charge on any atom is -0.334 e. The Hall–Kier alpha value is -0.750. The second-order valence-electron chi connectivity index (χ2n) is 4.83. The summed E-state index contributed by atoms with van der Waals surface area (Å²) in [5, 5.41) is 3.23. The number of amides is 2. The van der Waals surface area contributed by atoms with Crippen LogP contribution in [0, 0.1) is 0 Å². The van der Waals surface area contributed by atoms with Crippen molar-refractivity contribution in [3.63, 3.8) is 0 Å². The molecule has 0 aromatic rings. The van der Waals surface area contributed by atoms with Crippen molar-refractivity contribution < 1.29 is 9.59 Å². The maximum absolute atomic E-state index is 12.1. The molecule has 2 rings (SSSR count). The van der Waals surface area contributed by atoms with Gasteiger partial charge in [0.05, 0.1) is 0 Å². The number of nitrogens with one attached hydrogen (secondary N) is 1. The highest BCUT2D eigenvalue weighted by Gasteiger charge is 2.30. The molecule has 1 unspecified atom stereocenters. The van der Waals surface area contributed by atoms with Gasteiger partial charge in [0.25, 0.3) is 0 Å². The van der Waals surface area contributed by atoms with Gasteiger partial charge in [-0.3, -0.25) is 9.59 Å². The Morgan fingerprint density at radius 3 is 2.89 bits per heavy atom. The van der Waals surface area contributed by atoms with E-state index in [-0.39, 0.29) is 17.9 Å². The highest BCUT2D eigenvalue weighted by Crippen LogP contribution is 2.21. The van der Waals surface area contributed by atoms with Gasteiger partial charge in [-0.05, 0) is 25.1 Å². The predicted molar refractivity (Wildman–Crippen MR) is 72.6 cm³/mol. The fourth-order valence-electron chi connectivity index (χ4n) is 2.33. The van der Waals surface area contributed by atoms with E-state index in [0.29, 0.717) is 13.1 Å². The van der Waals surface area contributed by atoms with E-state index in [4.69, 9.17) is 0 Å². The summed E-state index contributed by atoms with van der Waals surface area (Å²) in [5.41, 5.74) is 0. The van der Waals surface area contributed by atoms with Gasteiger partial charge in [0, 0.05) is 38.5 Å². The first-order valence-corrected chi connectivity index (χ1v) is 7.70. The zero-order chi connectivity index (χ0) is 13.0. The van der Waals surface area contributed by atoms with E-state index < -0.39 is 0 Å². The smallest absolute Gasteiger partial charge is 0.312 e. The van der Waals surface area contributed by atoms with E-state index in [1.807, 2.05) is 11.8 Å². The number of carbonyl (C=O) groups is 2. The first-order chi connectivity index (χ1) is 8.70. The minimum absolute atomic E-state index is 0.233. The number of thioether (sulfide) groups is 1. The number of rotatable bonds is 1. The summed E-state index contributed by atoms with van der Waals surface area (Å²) in [5.74, 6) is 1.36. The molecular formula is C12H21N3O2S. The predicted octanol–water partition coefficient (Wildman–Crippen LogP) is -0.228. The van der Waals surface area contributed by atoms with Crippen molar-refractivity contribution in [2.45, 2.75) is 18.9 Å². The summed E-state index contributed by atoms with van der Waals surface area (Å²) in [4.78, 5) is 27.6. The Labute approximate surface area is 112 Å². The van der Waals surface area contributed by atoms with E-state index in [0.717, 1.165) is 37.4 Å². The molecule has 0 aromatic heterocycles. The minimum atomic E-state index is -0.343. The van der Waals surface area contributed by atoms with Crippen LogP contribution in [-0.4, -0.2) is 72.4 Å². The molecule has 6 heteroatoms. The van der Waals surface area contributed by atoms with Crippen LogP contribution in [0.1, 0.15) is 12.8 Å². The first-order valence-electron chi connectivity index (χ1n) is 6.54. The summed E-state index contributed by atoms with van der Waals surface area (Å²) in [6.07, 6.45) is 1.92. The molecule has 0 spiro atoms. The second kappa shape index (κ2) is 6.43. The molecule has 1 atom stereocenters. The Kier molecular flexibility index (Phi) is 4.88. The highest BCUT2D eigenvalue weighted by atomic mass is 32.2. The monoisotopic (exact) mass is 271 g/mol. The molecule has 2 heterocycles. The first kappa shape index (κ1) is 13.7. The van der Waals surface area contributed by atoms with E-state index in [9.17, 15) is 9.59 Å². The van der Waals surface area contributed by atoms with E-state index in [2.05, 4.69) is 5.32 Å². The fourth-order valence-corrected chi connectivity index (χ4v) is 3.60. The van der Waals surface area contributed by atoms with Crippen LogP contribution in [0.5, 0.6) is 0 Å². The van der Waals surface area contributed by atoms with Gasteiger partial charge in [0.1, 0.15) is 0 Å². The molecule has 0 aromatic carbocycles. The third kappa shape index (κ3) is 3.17. The van der Waals surface area contributed by atoms with Gasteiger partial charge in [-0.15, -0.1) is 0 Å². The van der Waals surface area contributed by atoms with E-state index in [1.54, 1.807) is 16.8 Å². The number of hydrogen-bond acceptors (Lipinski definition) is 4. The summed E-state index contributed by atoms with van der Waals surface area (Å²) in [7, 11) is 1.76. The Bertz CT molecular complexity index is 298. The van der Waals surface area contributed by atoms with Gasteiger partial charge in [0.2, 0.25) is 0 Å². The molecule has 0 aliphatic carbocycles. The van der Waals surface area contributed by atoms with Gasteiger partial charge in [-0.1, -0.05) is 0 Å². The summed E-state index contributed by atoms with van der Waals surface area (Å²) in [6.45, 7) is 3.03. The molecule has 2 fully saturated rings. The Morgan fingerprint density at radius 2 is 2.17 bits per heavy atom. The average Bonchev–Trinajstić information content (AvgIpc) is 2.78. The molecule has 0 saturated carbocycles. The van der Waals surface area contributed by atoms with Crippen LogP contribution in [0.15, 0.2) is 0 Å². The van der Waals surface area contributed by atoms with Gasteiger partial charge in [-0.25, -0.2) is 0 Å². The lowest BCUT2D eigenvalue weighted by Crippen LogP contribution is -2.48. The quantitative estimate of drug-likeness (QED) is 0.670. The summed E-state index contributed by atoms with van der Waals surface area (Å²) >= 11 is 1.85. The lowest BCUT2D eigenvalue weighted by Gasteiger charge is -2.26. The molecule has 2 aliphatic rings.